The first-order valence-electron chi connectivity index (χ1n) is 10.8. The number of aromatic nitrogens is 1. The zero-order chi connectivity index (χ0) is 23.6. The molecule has 174 valence electrons. The second-order valence-electron chi connectivity index (χ2n) is 7.49. The van der Waals surface area contributed by atoms with E-state index in [1.165, 1.54) is 0 Å². The smallest absolute Gasteiger partial charge is 0.273 e. The van der Waals surface area contributed by atoms with Crippen LogP contribution in [-0.4, -0.2) is 49.2 Å². The third kappa shape index (κ3) is 6.58. The number of hydrogen-bond donors (Lipinski definition) is 1. The molecule has 33 heavy (non-hydrogen) atoms. The van der Waals surface area contributed by atoms with Crippen molar-refractivity contribution in [3.63, 3.8) is 0 Å². The zero-order valence-electron chi connectivity index (χ0n) is 19.2. The number of carbonyl (C=O) groups is 2. The Balaban J connectivity index is 1.57. The van der Waals surface area contributed by atoms with Gasteiger partial charge < -0.3 is 24.2 Å². The van der Waals surface area contributed by atoms with E-state index in [0.717, 1.165) is 17.7 Å². The van der Waals surface area contributed by atoms with Crippen LogP contribution < -0.4 is 14.8 Å². The maximum Gasteiger partial charge on any atom is 0.273 e. The molecule has 0 saturated carbocycles. The molecule has 3 rings (SSSR count). The van der Waals surface area contributed by atoms with Crippen LogP contribution in [-0.2, 0) is 13.0 Å². The first-order valence-corrected chi connectivity index (χ1v) is 10.8. The van der Waals surface area contributed by atoms with Gasteiger partial charge in [-0.15, -0.1) is 0 Å². The van der Waals surface area contributed by atoms with Gasteiger partial charge in [0, 0.05) is 24.7 Å². The molecular weight excluding hydrogens is 422 g/mol. The second-order valence-corrected chi connectivity index (χ2v) is 7.49. The van der Waals surface area contributed by atoms with Crippen molar-refractivity contribution in [2.45, 2.75) is 26.3 Å². The van der Waals surface area contributed by atoms with Crippen LogP contribution in [0.15, 0.2) is 59.1 Å². The summed E-state index contributed by atoms with van der Waals surface area (Å²) in [7, 11) is 3.18. The molecular formula is C25H29N3O5. The lowest BCUT2D eigenvalue weighted by molar-refractivity contribution is 0.0726. The first kappa shape index (κ1) is 23.8. The summed E-state index contributed by atoms with van der Waals surface area (Å²) in [5, 5.41) is 6.72. The lowest BCUT2D eigenvalue weighted by Crippen LogP contribution is -2.31. The Morgan fingerprint density at radius 3 is 2.48 bits per heavy atom. The second kappa shape index (κ2) is 11.7. The van der Waals surface area contributed by atoms with Gasteiger partial charge >= 0.3 is 0 Å². The fourth-order valence-corrected chi connectivity index (χ4v) is 3.35. The summed E-state index contributed by atoms with van der Waals surface area (Å²) in [6.45, 7) is 3.22. The third-order valence-corrected chi connectivity index (χ3v) is 5.09. The molecule has 1 N–H and O–H groups in total. The van der Waals surface area contributed by atoms with E-state index in [9.17, 15) is 9.59 Å². The first-order chi connectivity index (χ1) is 16.0. The maximum absolute atomic E-state index is 13.0. The molecule has 0 unspecified atom stereocenters. The minimum absolute atomic E-state index is 0.141. The van der Waals surface area contributed by atoms with E-state index in [1.54, 1.807) is 49.5 Å². The van der Waals surface area contributed by atoms with Gasteiger partial charge in [-0.25, -0.2) is 0 Å². The summed E-state index contributed by atoms with van der Waals surface area (Å²) in [5.74, 6) is 1.39. The van der Waals surface area contributed by atoms with Crippen LogP contribution in [0.3, 0.4) is 0 Å². The number of methoxy groups -OCH3 is 2. The molecule has 0 spiro atoms. The Morgan fingerprint density at radius 1 is 1.03 bits per heavy atom. The van der Waals surface area contributed by atoms with Crippen LogP contribution in [0.25, 0.3) is 0 Å². The topological polar surface area (TPSA) is 93.9 Å². The number of amides is 2. The molecule has 1 heterocycles. The molecule has 0 saturated heterocycles. The summed E-state index contributed by atoms with van der Waals surface area (Å²) >= 11 is 0. The number of ether oxygens (including phenoxy) is 2. The van der Waals surface area contributed by atoms with E-state index in [2.05, 4.69) is 10.5 Å². The van der Waals surface area contributed by atoms with Crippen molar-refractivity contribution in [3.05, 3.63) is 77.2 Å². The summed E-state index contributed by atoms with van der Waals surface area (Å²) in [4.78, 5) is 27.1. The molecule has 3 aromatic rings. The van der Waals surface area contributed by atoms with Crippen LogP contribution in [0.2, 0.25) is 0 Å². The average Bonchev–Trinajstić information content (AvgIpc) is 3.32. The number of rotatable bonds is 11. The monoisotopic (exact) mass is 451 g/mol. The highest BCUT2D eigenvalue weighted by atomic mass is 16.5. The number of nitrogens with one attached hydrogen (secondary N) is 1. The van der Waals surface area contributed by atoms with E-state index in [1.807, 2.05) is 31.2 Å². The number of nitrogens with zero attached hydrogens (tertiary/aromatic N) is 2. The van der Waals surface area contributed by atoms with Crippen LogP contribution in [0.4, 0.5) is 0 Å². The molecule has 0 atom stereocenters. The van der Waals surface area contributed by atoms with Crippen molar-refractivity contribution >= 4 is 11.8 Å². The highest BCUT2D eigenvalue weighted by molar-refractivity contribution is 5.94. The molecule has 0 aliphatic rings. The van der Waals surface area contributed by atoms with Crippen LogP contribution in [0.1, 0.15) is 45.5 Å². The Hall–Kier alpha value is -3.81. The summed E-state index contributed by atoms with van der Waals surface area (Å²) < 4.78 is 15.7. The van der Waals surface area contributed by atoms with E-state index >= 15 is 0 Å². The molecule has 0 radical (unpaired) electrons. The van der Waals surface area contributed by atoms with Crippen molar-refractivity contribution in [2.75, 3.05) is 27.3 Å². The van der Waals surface area contributed by atoms with Crippen molar-refractivity contribution < 1.29 is 23.6 Å². The lowest BCUT2D eigenvalue weighted by Gasteiger charge is -2.21. The molecule has 8 heteroatoms. The third-order valence-electron chi connectivity index (χ3n) is 5.09. The standard InChI is InChI=1S/C25H29N3O5/c1-4-14-28(25(30)19-6-5-7-21(15-19)32-3)17-22-16-23(27-33-22)24(29)26-13-12-18-8-10-20(31-2)11-9-18/h5-11,15-16H,4,12-14,17H2,1-3H3,(H,26,29). The highest BCUT2D eigenvalue weighted by Crippen LogP contribution is 2.17. The molecule has 8 nitrogen and oxygen atoms in total. The Kier molecular flexibility index (Phi) is 8.46. The summed E-state index contributed by atoms with van der Waals surface area (Å²) in [5.41, 5.74) is 1.80. The van der Waals surface area contributed by atoms with E-state index in [0.29, 0.717) is 36.6 Å². The molecule has 0 aliphatic carbocycles. The number of hydrogen-bond acceptors (Lipinski definition) is 6. The van der Waals surface area contributed by atoms with Gasteiger partial charge in [0.15, 0.2) is 11.5 Å². The van der Waals surface area contributed by atoms with Crippen molar-refractivity contribution in [1.29, 1.82) is 0 Å². The summed E-state index contributed by atoms with van der Waals surface area (Å²) in [6.07, 6.45) is 1.46. The minimum atomic E-state index is -0.320. The summed E-state index contributed by atoms with van der Waals surface area (Å²) in [6, 6.07) is 16.3. The number of benzene rings is 2. The normalized spacial score (nSPS) is 10.5. The zero-order valence-corrected chi connectivity index (χ0v) is 19.2. The van der Waals surface area contributed by atoms with E-state index in [4.69, 9.17) is 14.0 Å². The minimum Gasteiger partial charge on any atom is -0.497 e. The SMILES string of the molecule is CCCN(Cc1cc(C(=O)NCCc2ccc(OC)cc2)no1)C(=O)c1cccc(OC)c1. The van der Waals surface area contributed by atoms with Crippen molar-refractivity contribution in [2.24, 2.45) is 0 Å². The van der Waals surface area contributed by atoms with Gasteiger partial charge in [0.05, 0.1) is 20.8 Å². The predicted molar refractivity (Wildman–Crippen MR) is 124 cm³/mol. The van der Waals surface area contributed by atoms with Crippen LogP contribution in [0.5, 0.6) is 11.5 Å². The maximum atomic E-state index is 13.0. The van der Waals surface area contributed by atoms with Crippen molar-refractivity contribution in [3.8, 4) is 11.5 Å². The van der Waals surface area contributed by atoms with Gasteiger partial charge in [0.25, 0.3) is 11.8 Å². The molecule has 2 aromatic carbocycles. The molecule has 1 aromatic heterocycles. The van der Waals surface area contributed by atoms with Gasteiger partial charge in [-0.2, -0.15) is 0 Å². The molecule has 0 bridgehead atoms. The average molecular weight is 452 g/mol. The Morgan fingerprint density at radius 2 is 1.79 bits per heavy atom. The lowest BCUT2D eigenvalue weighted by atomic mass is 10.1. The van der Waals surface area contributed by atoms with Gasteiger partial charge in [-0.05, 0) is 48.7 Å². The molecule has 2 amide bonds. The van der Waals surface area contributed by atoms with E-state index in [-0.39, 0.29) is 24.1 Å². The number of carbonyl (C=O) groups excluding carboxylic acids is 2. The van der Waals surface area contributed by atoms with Crippen LogP contribution >= 0.6 is 0 Å². The molecule has 0 fully saturated rings. The van der Waals surface area contributed by atoms with Gasteiger partial charge in [-0.1, -0.05) is 30.3 Å². The predicted octanol–water partition coefficient (Wildman–Crippen LogP) is 3.72. The van der Waals surface area contributed by atoms with Gasteiger partial charge in [0.1, 0.15) is 11.5 Å². The Bertz CT molecular complexity index is 1060. The fraction of sp³-hybridized carbons (Fsp3) is 0.320. The largest absolute Gasteiger partial charge is 0.497 e. The Labute approximate surface area is 193 Å². The van der Waals surface area contributed by atoms with Gasteiger partial charge in [-0.3, -0.25) is 9.59 Å². The molecule has 0 aliphatic heterocycles. The van der Waals surface area contributed by atoms with Gasteiger partial charge in [0.2, 0.25) is 0 Å². The quantitative estimate of drug-likeness (QED) is 0.478. The highest BCUT2D eigenvalue weighted by Gasteiger charge is 2.20. The van der Waals surface area contributed by atoms with Crippen molar-refractivity contribution in [1.82, 2.24) is 15.4 Å². The fourth-order valence-electron chi connectivity index (χ4n) is 3.35. The van der Waals surface area contributed by atoms with E-state index < -0.39 is 0 Å². The van der Waals surface area contributed by atoms with Crippen LogP contribution in [0, 0.1) is 0 Å².